The standard InChI is InChI=1S/2C25H20ClN3O6S.Ba/c2*1-14-11-20(26)22(36(32,33)34)13-21(14)28-29-23-18-6-4-3-5-15(18)12-19(24(23)30)25(31)27-16-7-9-17(35-2)10-8-16;/h2*3-13,30H,1-2H3,(H,27,31)(H,32,33,34);/q;;+2/p-2. The van der Waals surface area contributed by atoms with Gasteiger partial charge in [-0.15, -0.1) is 5.11 Å². The van der Waals surface area contributed by atoms with Gasteiger partial charge in [0, 0.05) is 27.7 Å². The van der Waals surface area contributed by atoms with Gasteiger partial charge in [-0.2, -0.15) is 23.8 Å². The summed E-state index contributed by atoms with van der Waals surface area (Å²) in [5, 5.41) is 47.8. The molecule has 0 fully saturated rings. The number of fused-ring (bicyclic) bond motifs is 2. The summed E-state index contributed by atoms with van der Waals surface area (Å²) in [6, 6.07) is 34.7. The van der Waals surface area contributed by atoms with Crippen LogP contribution in [0.25, 0.3) is 21.5 Å². The van der Waals surface area contributed by atoms with E-state index in [2.05, 4.69) is 31.1 Å². The van der Waals surface area contributed by atoms with Crippen molar-refractivity contribution in [3.63, 3.8) is 0 Å². The number of halogens is 2. The molecule has 0 aliphatic heterocycles. The number of phenols is 1. The van der Waals surface area contributed by atoms with Gasteiger partial charge in [0.05, 0.1) is 51.8 Å². The second-order valence-electron chi connectivity index (χ2n) is 15.5. The Labute approximate surface area is 468 Å². The number of azo groups is 2. The molecule has 0 saturated heterocycles. The van der Waals surface area contributed by atoms with Crippen molar-refractivity contribution in [1.29, 1.82) is 0 Å². The van der Waals surface area contributed by atoms with Crippen LogP contribution in [0.4, 0.5) is 34.1 Å². The van der Waals surface area contributed by atoms with E-state index in [-0.39, 0.29) is 92.8 Å². The Morgan fingerprint density at radius 3 is 1.47 bits per heavy atom. The smallest absolute Gasteiger partial charge is 0.870 e. The zero-order valence-corrected chi connectivity index (χ0v) is 46.3. The van der Waals surface area contributed by atoms with E-state index in [0.717, 1.165) is 12.1 Å². The van der Waals surface area contributed by atoms with Gasteiger partial charge in [0.2, 0.25) is 0 Å². The van der Waals surface area contributed by atoms with E-state index in [1.807, 2.05) is 0 Å². The predicted molar refractivity (Wildman–Crippen MR) is 275 cm³/mol. The Hall–Kier alpha value is -6.41. The molecule has 0 spiro atoms. The largest absolute Gasteiger partial charge is 2.00 e. The molecule has 0 radical (unpaired) electrons. The van der Waals surface area contributed by atoms with Crippen LogP contribution in [0, 0.1) is 13.8 Å². The van der Waals surface area contributed by atoms with E-state index in [1.54, 1.807) is 111 Å². The van der Waals surface area contributed by atoms with Gasteiger partial charge < -0.3 is 34.9 Å². The first-order chi connectivity index (χ1) is 34.2. The molecule has 8 aromatic rings. The molecule has 0 unspecified atom stereocenters. The maximum atomic E-state index is 13.3. The van der Waals surface area contributed by atoms with Crippen molar-refractivity contribution in [3.8, 4) is 23.0 Å². The second kappa shape index (κ2) is 23.6. The molecular weight excluding hydrogens is 1150 g/mol. The van der Waals surface area contributed by atoms with Crippen LogP contribution in [0.1, 0.15) is 31.8 Å². The number of benzene rings is 8. The van der Waals surface area contributed by atoms with Gasteiger partial charge >= 0.3 is 48.9 Å². The van der Waals surface area contributed by atoms with Crippen molar-refractivity contribution in [2.75, 3.05) is 24.9 Å². The van der Waals surface area contributed by atoms with Gasteiger partial charge in [0.15, 0.2) is 5.75 Å². The van der Waals surface area contributed by atoms with E-state index >= 15 is 0 Å². The van der Waals surface area contributed by atoms with Gasteiger partial charge in [0.1, 0.15) is 32.2 Å². The molecule has 0 bridgehead atoms. The number of ether oxygens (including phenoxy) is 2. The number of carbonyl (C=O) groups excluding carboxylic acids is 2. The Balaban J connectivity index is 0.000000235. The number of nitrogens with zero attached hydrogens (tertiary/aromatic N) is 4. The topological polar surface area (TPSA) is 281 Å². The summed E-state index contributed by atoms with van der Waals surface area (Å²) < 4.78 is 77.4. The number of nitrogens with one attached hydrogen (secondary N) is 2. The van der Waals surface area contributed by atoms with Crippen molar-refractivity contribution >= 4 is 160 Å². The third-order valence-corrected chi connectivity index (χ3v) is 13.3. The number of hydrogen-bond acceptors (Lipinski definition) is 15. The molecular formula is C50H38BaCl2N6O12S2. The summed E-state index contributed by atoms with van der Waals surface area (Å²) in [5.41, 5.74) is 1.69. The van der Waals surface area contributed by atoms with E-state index in [9.17, 15) is 45.7 Å². The number of methoxy groups -OCH3 is 2. The fraction of sp³-hybridized carbons (Fsp3) is 0.0800. The maximum Gasteiger partial charge on any atom is 2.00 e. The number of carbonyl (C=O) groups is 2. The predicted octanol–water partition coefficient (Wildman–Crippen LogP) is 11.5. The summed E-state index contributed by atoms with van der Waals surface area (Å²) in [4.78, 5) is 24.8. The summed E-state index contributed by atoms with van der Waals surface area (Å²) in [6.45, 7) is 3.22. The Kier molecular flexibility index (Phi) is 18.1. The number of aryl methyl sites for hydroxylation is 2. The average Bonchev–Trinajstić information content (AvgIpc) is 3.34. The van der Waals surface area contributed by atoms with Gasteiger partial charge in [0.25, 0.3) is 21.9 Å². The number of amides is 2. The van der Waals surface area contributed by atoms with Gasteiger partial charge in [-0.05, 0) is 121 Å². The molecule has 0 aliphatic carbocycles. The molecule has 18 nitrogen and oxygen atoms in total. The second-order valence-corrected chi connectivity index (χ2v) is 19.1. The Morgan fingerprint density at radius 2 is 1.00 bits per heavy atom. The fourth-order valence-electron chi connectivity index (χ4n) is 7.01. The summed E-state index contributed by atoms with van der Waals surface area (Å²) in [5.74, 6) is -1.07. The van der Waals surface area contributed by atoms with E-state index in [4.69, 9.17) is 32.7 Å². The van der Waals surface area contributed by atoms with Crippen LogP contribution in [0.2, 0.25) is 10.0 Å². The van der Waals surface area contributed by atoms with Crippen LogP contribution < -0.4 is 25.2 Å². The van der Waals surface area contributed by atoms with Gasteiger partial charge in [-0.25, -0.2) is 8.42 Å². The quantitative estimate of drug-likeness (QED) is 0.0505. The summed E-state index contributed by atoms with van der Waals surface area (Å²) >= 11 is 11.8. The first kappa shape index (κ1) is 55.9. The summed E-state index contributed by atoms with van der Waals surface area (Å²) in [7, 11) is -6.40. The van der Waals surface area contributed by atoms with Crippen LogP contribution in [-0.4, -0.2) is 106 Å². The minimum atomic E-state index is -4.86. The number of anilines is 2. The molecule has 368 valence electrons. The van der Waals surface area contributed by atoms with Gasteiger partial charge in [-0.1, -0.05) is 77.5 Å². The maximum absolute atomic E-state index is 13.3. The van der Waals surface area contributed by atoms with E-state index < -0.39 is 53.3 Å². The number of hydrogen-bond donors (Lipinski definition) is 4. The van der Waals surface area contributed by atoms with E-state index in [0.29, 0.717) is 55.5 Å². The third-order valence-electron chi connectivity index (χ3n) is 10.7. The molecule has 0 saturated carbocycles. The van der Waals surface area contributed by atoms with Crippen LogP contribution in [-0.2, 0) is 20.2 Å². The SMILES string of the molecule is COc1ccc(NC(=O)c2cc3ccccc3c(N=Nc3cc(S(=O)(=O)O)c(Cl)cc3C)c2O)cc1.COc1ccc(NC(=O)c2cc3ccccc3c(N=Nc3cc(S(=O)(=O)[O-])c(Cl)cc3C)c2[O-])cc1.[Ba+2]. The number of phenolic OH excluding ortho intramolecular Hbond substituents is 1. The van der Waals surface area contributed by atoms with Crippen molar-refractivity contribution in [3.05, 3.63) is 166 Å². The molecule has 4 N–H and O–H groups in total. The molecule has 8 rings (SSSR count). The Bertz CT molecular complexity index is 3490. The number of aromatic hydroxyl groups is 1. The van der Waals surface area contributed by atoms with Crippen molar-refractivity contribution in [1.82, 2.24) is 0 Å². The minimum absolute atomic E-state index is 0. The van der Waals surface area contributed by atoms with Crippen LogP contribution in [0.15, 0.2) is 164 Å². The van der Waals surface area contributed by atoms with Crippen LogP contribution in [0.3, 0.4) is 0 Å². The fourth-order valence-corrected chi connectivity index (χ4v) is 9.14. The molecule has 23 heteroatoms. The Morgan fingerprint density at radius 1 is 0.589 bits per heavy atom. The normalized spacial score (nSPS) is 11.5. The zero-order valence-electron chi connectivity index (χ0n) is 38.7. The number of rotatable bonds is 12. The first-order valence-electron chi connectivity index (χ1n) is 20.9. The van der Waals surface area contributed by atoms with Crippen molar-refractivity contribution in [2.45, 2.75) is 23.6 Å². The molecule has 73 heavy (non-hydrogen) atoms. The van der Waals surface area contributed by atoms with Crippen LogP contribution >= 0.6 is 23.2 Å². The molecule has 8 aromatic carbocycles. The van der Waals surface area contributed by atoms with Crippen molar-refractivity contribution < 1.29 is 55.2 Å². The van der Waals surface area contributed by atoms with Crippen molar-refractivity contribution in [2.24, 2.45) is 20.5 Å². The third kappa shape index (κ3) is 13.2. The monoisotopic (exact) mass is 1190 g/mol. The van der Waals surface area contributed by atoms with Crippen LogP contribution in [0.5, 0.6) is 23.0 Å². The first-order valence-corrected chi connectivity index (χ1v) is 24.5. The zero-order chi connectivity index (χ0) is 52.1. The molecule has 0 aliphatic rings. The minimum Gasteiger partial charge on any atom is -0.870 e. The molecule has 2 amide bonds. The van der Waals surface area contributed by atoms with Gasteiger partial charge in [-0.3, -0.25) is 14.1 Å². The van der Waals surface area contributed by atoms with E-state index in [1.165, 1.54) is 38.5 Å². The average molecular weight is 1190 g/mol. The molecule has 0 atom stereocenters. The molecule has 0 heterocycles. The molecule has 0 aromatic heterocycles. The summed E-state index contributed by atoms with van der Waals surface area (Å²) in [6.07, 6.45) is 0.